The Balaban J connectivity index is 1.71. The first kappa shape index (κ1) is 14.1. The molecule has 1 heterocycles. The summed E-state index contributed by atoms with van der Waals surface area (Å²) in [6, 6.07) is 10.4. The normalized spacial score (nSPS) is 27.1. The number of fused-ring (bicyclic) bond motifs is 1. The van der Waals surface area contributed by atoms with Crippen LogP contribution in [0.25, 0.3) is 0 Å². The molecule has 110 valence electrons. The lowest BCUT2D eigenvalue weighted by Gasteiger charge is -2.34. The minimum absolute atomic E-state index is 0.623. The number of hydrogen-bond donors (Lipinski definition) is 1. The zero-order chi connectivity index (χ0) is 13.8. The molecule has 1 aliphatic heterocycles. The van der Waals surface area contributed by atoms with E-state index in [-0.39, 0.29) is 0 Å². The standard InChI is InChI=1S/C18H28N2/c1-20(14-16-10-6-7-13-19-16)18-12-5-3-9-15-8-2-4-11-17(15)18/h2,4,8,11,16,18-19H,3,5-7,9-10,12-14H2,1H3. The van der Waals surface area contributed by atoms with Crippen LogP contribution < -0.4 is 5.32 Å². The summed E-state index contributed by atoms with van der Waals surface area (Å²) in [4.78, 5) is 2.60. The van der Waals surface area contributed by atoms with Gasteiger partial charge in [-0.15, -0.1) is 0 Å². The fourth-order valence-electron chi connectivity index (χ4n) is 3.91. The second-order valence-electron chi connectivity index (χ2n) is 6.55. The number of piperidine rings is 1. The number of likely N-dealkylation sites (N-methyl/N-ethyl adjacent to an activating group) is 1. The van der Waals surface area contributed by atoms with Crippen molar-refractivity contribution in [2.75, 3.05) is 20.1 Å². The third-order valence-corrected chi connectivity index (χ3v) is 5.04. The molecule has 0 radical (unpaired) electrons. The van der Waals surface area contributed by atoms with Gasteiger partial charge in [0.25, 0.3) is 0 Å². The molecular weight excluding hydrogens is 244 g/mol. The second kappa shape index (κ2) is 6.73. The van der Waals surface area contributed by atoms with Crippen LogP contribution in [0.15, 0.2) is 24.3 Å². The second-order valence-corrected chi connectivity index (χ2v) is 6.55. The van der Waals surface area contributed by atoms with Gasteiger partial charge in [-0.25, -0.2) is 0 Å². The van der Waals surface area contributed by atoms with Crippen molar-refractivity contribution in [3.05, 3.63) is 35.4 Å². The van der Waals surface area contributed by atoms with Crippen molar-refractivity contribution >= 4 is 0 Å². The Morgan fingerprint density at radius 3 is 2.80 bits per heavy atom. The van der Waals surface area contributed by atoms with Crippen LogP contribution in [0.4, 0.5) is 0 Å². The molecule has 0 saturated carbocycles. The summed E-state index contributed by atoms with van der Waals surface area (Å²) in [5.74, 6) is 0. The third kappa shape index (κ3) is 3.24. The predicted molar refractivity (Wildman–Crippen MR) is 85.0 cm³/mol. The highest BCUT2D eigenvalue weighted by Crippen LogP contribution is 2.32. The zero-order valence-corrected chi connectivity index (χ0v) is 12.8. The Bertz CT molecular complexity index is 423. The molecule has 2 unspecified atom stereocenters. The van der Waals surface area contributed by atoms with E-state index >= 15 is 0 Å². The van der Waals surface area contributed by atoms with Gasteiger partial charge in [-0.2, -0.15) is 0 Å². The highest BCUT2D eigenvalue weighted by Gasteiger charge is 2.24. The van der Waals surface area contributed by atoms with Crippen LogP contribution in [0.3, 0.4) is 0 Å². The largest absolute Gasteiger partial charge is 0.313 e. The van der Waals surface area contributed by atoms with E-state index in [0.29, 0.717) is 12.1 Å². The van der Waals surface area contributed by atoms with Crippen molar-refractivity contribution in [3.8, 4) is 0 Å². The third-order valence-electron chi connectivity index (χ3n) is 5.04. The summed E-state index contributed by atoms with van der Waals surface area (Å²) in [6.45, 7) is 2.40. The van der Waals surface area contributed by atoms with Crippen LogP contribution >= 0.6 is 0 Å². The zero-order valence-electron chi connectivity index (χ0n) is 12.8. The van der Waals surface area contributed by atoms with Crippen LogP contribution in [0.2, 0.25) is 0 Å². The van der Waals surface area contributed by atoms with E-state index in [1.807, 2.05) is 0 Å². The fraction of sp³-hybridized carbons (Fsp3) is 0.667. The first-order valence-corrected chi connectivity index (χ1v) is 8.36. The Hall–Kier alpha value is -0.860. The molecule has 1 saturated heterocycles. The molecule has 3 rings (SSSR count). The summed E-state index contributed by atoms with van der Waals surface area (Å²) in [7, 11) is 2.32. The lowest BCUT2D eigenvalue weighted by Crippen LogP contribution is -2.43. The van der Waals surface area contributed by atoms with Gasteiger partial charge in [0.05, 0.1) is 0 Å². The number of nitrogens with one attached hydrogen (secondary N) is 1. The van der Waals surface area contributed by atoms with Gasteiger partial charge in [0.1, 0.15) is 0 Å². The van der Waals surface area contributed by atoms with Crippen molar-refractivity contribution in [1.82, 2.24) is 10.2 Å². The lowest BCUT2D eigenvalue weighted by atomic mass is 9.97. The Morgan fingerprint density at radius 1 is 1.10 bits per heavy atom. The molecule has 0 bridgehead atoms. The van der Waals surface area contributed by atoms with Crippen molar-refractivity contribution in [2.45, 2.75) is 57.0 Å². The monoisotopic (exact) mass is 272 g/mol. The van der Waals surface area contributed by atoms with Crippen molar-refractivity contribution in [3.63, 3.8) is 0 Å². The number of rotatable bonds is 3. The molecular formula is C18H28N2. The predicted octanol–water partition coefficient (Wildman–Crippen LogP) is 3.53. The van der Waals surface area contributed by atoms with Gasteiger partial charge < -0.3 is 5.32 Å². The molecule has 0 aromatic heterocycles. The van der Waals surface area contributed by atoms with E-state index in [1.54, 1.807) is 11.1 Å². The van der Waals surface area contributed by atoms with E-state index in [2.05, 4.69) is 41.5 Å². The van der Waals surface area contributed by atoms with Crippen molar-refractivity contribution < 1.29 is 0 Å². The molecule has 1 fully saturated rings. The van der Waals surface area contributed by atoms with Gasteiger partial charge in [-0.05, 0) is 56.8 Å². The number of aryl methyl sites for hydroxylation is 1. The molecule has 1 aromatic rings. The van der Waals surface area contributed by atoms with Crippen LogP contribution in [-0.2, 0) is 6.42 Å². The topological polar surface area (TPSA) is 15.3 Å². The highest BCUT2D eigenvalue weighted by molar-refractivity contribution is 5.31. The fourth-order valence-corrected chi connectivity index (χ4v) is 3.91. The van der Waals surface area contributed by atoms with Gasteiger partial charge in [0.15, 0.2) is 0 Å². The van der Waals surface area contributed by atoms with E-state index in [4.69, 9.17) is 0 Å². The summed E-state index contributed by atoms with van der Waals surface area (Å²) >= 11 is 0. The smallest absolute Gasteiger partial charge is 0.0348 e. The Morgan fingerprint density at radius 2 is 1.95 bits per heavy atom. The molecule has 1 aromatic carbocycles. The van der Waals surface area contributed by atoms with Crippen molar-refractivity contribution in [2.24, 2.45) is 0 Å². The van der Waals surface area contributed by atoms with Gasteiger partial charge in [-0.1, -0.05) is 37.1 Å². The Labute approximate surface area is 123 Å². The van der Waals surface area contributed by atoms with Crippen LogP contribution in [0.5, 0.6) is 0 Å². The summed E-state index contributed by atoms with van der Waals surface area (Å²) in [5.41, 5.74) is 3.17. The van der Waals surface area contributed by atoms with E-state index in [1.165, 1.54) is 58.0 Å². The van der Waals surface area contributed by atoms with E-state index in [0.717, 1.165) is 0 Å². The minimum atomic E-state index is 0.623. The van der Waals surface area contributed by atoms with Gasteiger partial charge >= 0.3 is 0 Å². The Kier molecular flexibility index (Phi) is 4.74. The molecule has 1 aliphatic carbocycles. The van der Waals surface area contributed by atoms with E-state index in [9.17, 15) is 0 Å². The molecule has 2 atom stereocenters. The summed E-state index contributed by atoms with van der Waals surface area (Å²) < 4.78 is 0. The lowest BCUT2D eigenvalue weighted by molar-refractivity contribution is 0.194. The van der Waals surface area contributed by atoms with Gasteiger partial charge in [0.2, 0.25) is 0 Å². The maximum absolute atomic E-state index is 3.69. The van der Waals surface area contributed by atoms with Crippen LogP contribution in [0.1, 0.15) is 55.7 Å². The van der Waals surface area contributed by atoms with Gasteiger partial charge in [0, 0.05) is 18.6 Å². The number of nitrogens with zero attached hydrogens (tertiary/aromatic N) is 1. The molecule has 1 N–H and O–H groups in total. The van der Waals surface area contributed by atoms with E-state index < -0.39 is 0 Å². The molecule has 2 aliphatic rings. The number of hydrogen-bond acceptors (Lipinski definition) is 2. The minimum Gasteiger partial charge on any atom is -0.313 e. The SMILES string of the molecule is CN(CC1CCCCN1)C1CCCCc2ccccc21. The highest BCUT2D eigenvalue weighted by atomic mass is 15.2. The van der Waals surface area contributed by atoms with Crippen molar-refractivity contribution in [1.29, 1.82) is 0 Å². The average molecular weight is 272 g/mol. The first-order chi connectivity index (χ1) is 9.84. The van der Waals surface area contributed by atoms with Crippen LogP contribution in [-0.4, -0.2) is 31.1 Å². The molecule has 0 amide bonds. The molecule has 20 heavy (non-hydrogen) atoms. The van der Waals surface area contributed by atoms with Gasteiger partial charge in [-0.3, -0.25) is 4.90 Å². The van der Waals surface area contributed by atoms with Crippen LogP contribution in [0, 0.1) is 0 Å². The summed E-state index contributed by atoms with van der Waals surface area (Å²) in [6.07, 6.45) is 9.39. The quantitative estimate of drug-likeness (QED) is 0.847. The average Bonchev–Trinajstić information content (AvgIpc) is 2.70. The first-order valence-electron chi connectivity index (χ1n) is 8.36. The summed E-state index contributed by atoms with van der Waals surface area (Å²) in [5, 5.41) is 3.69. The number of benzene rings is 1. The maximum atomic E-state index is 3.69. The maximum Gasteiger partial charge on any atom is 0.0348 e. The molecule has 2 heteroatoms. The molecule has 2 nitrogen and oxygen atoms in total. The molecule has 0 spiro atoms.